The zero-order valence-corrected chi connectivity index (χ0v) is 15.9. The number of hydrogen-bond donors (Lipinski definition) is 2. The van der Waals surface area contributed by atoms with Gasteiger partial charge in [0.15, 0.2) is 5.78 Å². The molecule has 2 N–H and O–H groups in total. The molecule has 4 rings (SSSR count). The van der Waals surface area contributed by atoms with Crippen LogP contribution in [0.5, 0.6) is 5.75 Å². The van der Waals surface area contributed by atoms with Gasteiger partial charge >= 0.3 is 0 Å². The third-order valence-electron chi connectivity index (χ3n) is 6.66. The third kappa shape index (κ3) is 3.66. The molecule has 3 heteroatoms. The van der Waals surface area contributed by atoms with E-state index in [9.17, 15) is 9.90 Å². The van der Waals surface area contributed by atoms with Gasteiger partial charge in [-0.1, -0.05) is 43.2 Å². The Morgan fingerprint density at radius 2 is 1.93 bits per heavy atom. The first-order valence-electron chi connectivity index (χ1n) is 10.3. The van der Waals surface area contributed by atoms with E-state index in [0.29, 0.717) is 12.3 Å². The molecular weight excluding hydrogens is 334 g/mol. The highest BCUT2D eigenvalue weighted by Crippen LogP contribution is 2.52. The molecule has 142 valence electrons. The van der Waals surface area contributed by atoms with Crippen LogP contribution in [-0.2, 0) is 11.8 Å². The van der Waals surface area contributed by atoms with Crippen molar-refractivity contribution in [2.45, 2.75) is 50.4 Å². The summed E-state index contributed by atoms with van der Waals surface area (Å²) >= 11 is 0. The topological polar surface area (TPSA) is 49.3 Å². The SMILES string of the molecule is O=C1CC2CCCCC2(CCNCCc2ccccc2)c2cc(O)ccc21. The quantitative estimate of drug-likeness (QED) is 0.736. The summed E-state index contributed by atoms with van der Waals surface area (Å²) in [5, 5.41) is 13.7. The second-order valence-corrected chi connectivity index (χ2v) is 8.19. The second kappa shape index (κ2) is 7.85. The van der Waals surface area contributed by atoms with E-state index in [0.717, 1.165) is 49.9 Å². The first kappa shape index (κ1) is 18.2. The van der Waals surface area contributed by atoms with E-state index < -0.39 is 0 Å². The minimum absolute atomic E-state index is 0.0416. The van der Waals surface area contributed by atoms with Gasteiger partial charge in [0.2, 0.25) is 0 Å². The van der Waals surface area contributed by atoms with E-state index >= 15 is 0 Å². The van der Waals surface area contributed by atoms with Crippen LogP contribution in [0.1, 0.15) is 60.0 Å². The van der Waals surface area contributed by atoms with Gasteiger partial charge in [0.1, 0.15) is 5.75 Å². The Balaban J connectivity index is 1.47. The van der Waals surface area contributed by atoms with Gasteiger partial charge in [0.05, 0.1) is 0 Å². The molecule has 2 aliphatic carbocycles. The van der Waals surface area contributed by atoms with E-state index in [1.165, 1.54) is 18.4 Å². The molecule has 0 aliphatic heterocycles. The van der Waals surface area contributed by atoms with Crippen molar-refractivity contribution in [3.63, 3.8) is 0 Å². The zero-order chi connectivity index (χ0) is 18.7. The fourth-order valence-electron chi connectivity index (χ4n) is 5.26. The number of rotatable bonds is 6. The highest BCUT2D eigenvalue weighted by atomic mass is 16.3. The van der Waals surface area contributed by atoms with Crippen LogP contribution in [0.4, 0.5) is 0 Å². The Hall–Kier alpha value is -2.13. The van der Waals surface area contributed by atoms with Crippen molar-refractivity contribution in [3.05, 3.63) is 65.2 Å². The molecule has 2 aliphatic rings. The Morgan fingerprint density at radius 3 is 2.78 bits per heavy atom. The number of carbonyl (C=O) groups excluding carboxylic acids is 1. The maximum Gasteiger partial charge on any atom is 0.163 e. The highest BCUT2D eigenvalue weighted by molar-refractivity contribution is 5.99. The van der Waals surface area contributed by atoms with E-state index in [1.54, 1.807) is 6.07 Å². The normalized spacial score (nSPS) is 24.3. The Bertz CT molecular complexity index is 801. The summed E-state index contributed by atoms with van der Waals surface area (Å²) in [7, 11) is 0. The number of phenols is 1. The largest absolute Gasteiger partial charge is 0.508 e. The Morgan fingerprint density at radius 1 is 1.07 bits per heavy atom. The fourth-order valence-corrected chi connectivity index (χ4v) is 5.26. The van der Waals surface area contributed by atoms with E-state index in [4.69, 9.17) is 0 Å². The van der Waals surface area contributed by atoms with Gasteiger partial charge in [0.25, 0.3) is 0 Å². The minimum atomic E-state index is 0.0416. The van der Waals surface area contributed by atoms with Gasteiger partial charge in [-0.05, 0) is 74.0 Å². The number of fused-ring (bicyclic) bond motifs is 3. The van der Waals surface area contributed by atoms with Crippen LogP contribution in [0, 0.1) is 5.92 Å². The maximum absolute atomic E-state index is 12.6. The molecule has 2 atom stereocenters. The summed E-state index contributed by atoms with van der Waals surface area (Å²) in [5.74, 6) is 0.956. The smallest absolute Gasteiger partial charge is 0.163 e. The summed E-state index contributed by atoms with van der Waals surface area (Å²) in [6, 6.07) is 15.9. The molecule has 0 aromatic heterocycles. The standard InChI is InChI=1S/C24H29NO2/c26-20-9-10-21-22(17-20)24(12-5-4-8-19(24)16-23(21)27)13-15-25-14-11-18-6-2-1-3-7-18/h1-3,6-7,9-10,17,19,25-26H,4-5,8,11-16H2. The number of benzene rings is 2. The van der Waals surface area contributed by atoms with Crippen LogP contribution < -0.4 is 5.32 Å². The number of nitrogens with one attached hydrogen (secondary N) is 1. The van der Waals surface area contributed by atoms with Crippen LogP contribution in [-0.4, -0.2) is 24.0 Å². The van der Waals surface area contributed by atoms with Crippen molar-refractivity contribution in [2.75, 3.05) is 13.1 Å². The molecule has 0 spiro atoms. The number of carbonyl (C=O) groups is 1. The fraction of sp³-hybridized carbons (Fsp3) is 0.458. The second-order valence-electron chi connectivity index (χ2n) is 8.19. The van der Waals surface area contributed by atoms with Crippen LogP contribution >= 0.6 is 0 Å². The summed E-state index contributed by atoms with van der Waals surface area (Å²) in [4.78, 5) is 12.6. The van der Waals surface area contributed by atoms with Gasteiger partial charge in [-0.3, -0.25) is 4.79 Å². The first-order valence-corrected chi connectivity index (χ1v) is 10.3. The number of hydrogen-bond acceptors (Lipinski definition) is 3. The molecule has 3 nitrogen and oxygen atoms in total. The lowest BCUT2D eigenvalue weighted by atomic mass is 9.55. The zero-order valence-electron chi connectivity index (χ0n) is 15.9. The summed E-state index contributed by atoms with van der Waals surface area (Å²) in [6.45, 7) is 1.92. The monoisotopic (exact) mass is 363 g/mol. The summed E-state index contributed by atoms with van der Waals surface area (Å²) < 4.78 is 0. The van der Waals surface area contributed by atoms with E-state index in [1.807, 2.05) is 12.1 Å². The lowest BCUT2D eigenvalue weighted by molar-refractivity contribution is 0.0823. The Kier molecular flexibility index (Phi) is 5.31. The maximum atomic E-state index is 12.6. The van der Waals surface area contributed by atoms with Gasteiger partial charge < -0.3 is 10.4 Å². The molecule has 0 bridgehead atoms. The molecule has 1 fully saturated rings. The van der Waals surface area contributed by atoms with Crippen molar-refractivity contribution in [3.8, 4) is 5.75 Å². The number of ketones is 1. The van der Waals surface area contributed by atoms with Crippen molar-refractivity contribution in [1.82, 2.24) is 5.32 Å². The molecule has 27 heavy (non-hydrogen) atoms. The number of Topliss-reactive ketones (excluding diaryl/α,β-unsaturated/α-hetero) is 1. The van der Waals surface area contributed by atoms with E-state index in [-0.39, 0.29) is 16.9 Å². The first-order chi connectivity index (χ1) is 13.2. The minimum Gasteiger partial charge on any atom is -0.508 e. The molecule has 0 radical (unpaired) electrons. The van der Waals surface area contributed by atoms with Crippen molar-refractivity contribution >= 4 is 5.78 Å². The highest BCUT2D eigenvalue weighted by Gasteiger charge is 2.47. The summed E-state index contributed by atoms with van der Waals surface area (Å²) in [6.07, 6.45) is 7.43. The Labute approximate surface area is 161 Å². The summed E-state index contributed by atoms with van der Waals surface area (Å²) in [5.41, 5.74) is 3.35. The molecular formula is C24H29NO2. The van der Waals surface area contributed by atoms with Gasteiger partial charge in [-0.15, -0.1) is 0 Å². The van der Waals surface area contributed by atoms with Crippen molar-refractivity contribution in [1.29, 1.82) is 0 Å². The molecule has 2 aromatic carbocycles. The van der Waals surface area contributed by atoms with Crippen molar-refractivity contribution in [2.24, 2.45) is 5.92 Å². The van der Waals surface area contributed by atoms with Crippen LogP contribution in [0.15, 0.2) is 48.5 Å². The predicted molar refractivity (Wildman–Crippen MR) is 108 cm³/mol. The van der Waals surface area contributed by atoms with E-state index in [2.05, 4.69) is 35.6 Å². The lowest BCUT2D eigenvalue weighted by Crippen LogP contribution is -2.45. The molecule has 0 amide bonds. The molecule has 2 unspecified atom stereocenters. The molecule has 1 saturated carbocycles. The average molecular weight is 364 g/mol. The van der Waals surface area contributed by atoms with Gasteiger partial charge in [0, 0.05) is 17.4 Å². The molecule has 0 saturated heterocycles. The van der Waals surface area contributed by atoms with Gasteiger partial charge in [-0.25, -0.2) is 0 Å². The number of aromatic hydroxyl groups is 1. The van der Waals surface area contributed by atoms with Gasteiger partial charge in [-0.2, -0.15) is 0 Å². The van der Waals surface area contributed by atoms with Crippen LogP contribution in [0.3, 0.4) is 0 Å². The van der Waals surface area contributed by atoms with Crippen molar-refractivity contribution < 1.29 is 9.90 Å². The third-order valence-corrected chi connectivity index (χ3v) is 6.66. The van der Waals surface area contributed by atoms with Crippen LogP contribution in [0.25, 0.3) is 0 Å². The number of phenolic OH excluding ortho intramolecular Hbond substituents is 1. The van der Waals surface area contributed by atoms with Crippen LogP contribution in [0.2, 0.25) is 0 Å². The predicted octanol–water partition coefficient (Wildman–Crippen LogP) is 4.63. The molecule has 2 aromatic rings. The molecule has 0 heterocycles. The lowest BCUT2D eigenvalue weighted by Gasteiger charge is -2.48. The average Bonchev–Trinajstić information content (AvgIpc) is 2.69.